The first kappa shape index (κ1) is 15.4. The molecule has 0 heterocycles. The molecule has 0 aliphatic rings. The molecular weight excluding hydrogens is 204 g/mol. The number of aliphatic carboxylic acids is 1. The minimum atomic E-state index is -0.900. The highest BCUT2D eigenvalue weighted by Crippen LogP contribution is 2.16. The maximum Gasteiger partial charge on any atom is 0.339 e. The Labute approximate surface area is 99.0 Å². The van der Waals surface area contributed by atoms with Gasteiger partial charge in [-0.25, -0.2) is 4.79 Å². The summed E-state index contributed by atoms with van der Waals surface area (Å²) in [4.78, 5) is 13.2. The van der Waals surface area contributed by atoms with Crippen molar-refractivity contribution in [3.8, 4) is 0 Å². The Kier molecular flexibility index (Phi) is 7.34. The van der Waals surface area contributed by atoms with Crippen LogP contribution in [0, 0.1) is 0 Å². The van der Waals surface area contributed by atoms with E-state index >= 15 is 0 Å². The molecule has 0 radical (unpaired) electrons. The van der Waals surface area contributed by atoms with Crippen molar-refractivity contribution < 1.29 is 9.90 Å². The van der Waals surface area contributed by atoms with E-state index in [1.165, 1.54) is 0 Å². The van der Waals surface area contributed by atoms with Gasteiger partial charge in [-0.2, -0.15) is 0 Å². The summed E-state index contributed by atoms with van der Waals surface area (Å²) in [6.45, 7) is 4.91. The molecule has 4 heteroatoms. The molecule has 1 atom stereocenters. The third-order valence-corrected chi connectivity index (χ3v) is 2.93. The summed E-state index contributed by atoms with van der Waals surface area (Å²) in [6, 6.07) is 0. The van der Waals surface area contributed by atoms with Crippen LogP contribution < -0.4 is 5.32 Å². The van der Waals surface area contributed by atoms with Crippen molar-refractivity contribution in [2.45, 2.75) is 51.6 Å². The van der Waals surface area contributed by atoms with Crippen molar-refractivity contribution in [2.75, 3.05) is 20.6 Å². The molecule has 0 rings (SSSR count). The molecule has 0 aromatic carbocycles. The van der Waals surface area contributed by atoms with Crippen LogP contribution in [0.1, 0.15) is 46.0 Å². The molecule has 1 unspecified atom stereocenters. The Hall–Kier alpha value is -0.610. The van der Waals surface area contributed by atoms with Gasteiger partial charge in [-0.15, -0.1) is 0 Å². The van der Waals surface area contributed by atoms with Gasteiger partial charge in [-0.05, 0) is 33.5 Å². The van der Waals surface area contributed by atoms with Gasteiger partial charge < -0.3 is 5.11 Å². The molecule has 4 nitrogen and oxygen atoms in total. The maximum atomic E-state index is 11.4. The summed E-state index contributed by atoms with van der Waals surface area (Å²) < 4.78 is 0. The highest BCUT2D eigenvalue weighted by molar-refractivity contribution is 5.78. The van der Waals surface area contributed by atoms with Crippen LogP contribution in [0.2, 0.25) is 0 Å². The Bertz CT molecular complexity index is 207. The molecule has 0 aliphatic heterocycles. The highest BCUT2D eigenvalue weighted by Gasteiger charge is 2.39. The Balaban J connectivity index is 4.44. The number of carboxylic acids is 1. The lowest BCUT2D eigenvalue weighted by atomic mass is 10.0. The lowest BCUT2D eigenvalue weighted by Crippen LogP contribution is -2.61. The number of nitrogens with zero attached hydrogens (tertiary/aromatic N) is 1. The Morgan fingerprint density at radius 2 is 1.88 bits per heavy atom. The van der Waals surface area contributed by atoms with Crippen LogP contribution >= 0.6 is 0 Å². The van der Waals surface area contributed by atoms with E-state index in [-0.39, 0.29) is 0 Å². The second-order valence-corrected chi connectivity index (χ2v) is 4.44. The van der Waals surface area contributed by atoms with Gasteiger partial charge in [0.05, 0.1) is 0 Å². The summed E-state index contributed by atoms with van der Waals surface area (Å²) >= 11 is 0. The standard InChI is InChI=1S/C12H26N2O2/c1-5-7-8-10-13-12(9-6-2,11(15)16)14(3)4/h13H,5-10H2,1-4H3,(H,15,16). The lowest BCUT2D eigenvalue weighted by Gasteiger charge is -2.36. The second kappa shape index (κ2) is 7.63. The van der Waals surface area contributed by atoms with Gasteiger partial charge in [0.1, 0.15) is 0 Å². The van der Waals surface area contributed by atoms with Crippen molar-refractivity contribution in [1.82, 2.24) is 10.2 Å². The molecule has 0 aromatic heterocycles. The minimum Gasteiger partial charge on any atom is -0.479 e. The smallest absolute Gasteiger partial charge is 0.339 e. The van der Waals surface area contributed by atoms with Crippen molar-refractivity contribution in [2.24, 2.45) is 0 Å². The number of carboxylic acid groups (broad SMARTS) is 1. The van der Waals surface area contributed by atoms with Crippen LogP contribution in [0.15, 0.2) is 0 Å². The van der Waals surface area contributed by atoms with Crippen LogP contribution in [0.4, 0.5) is 0 Å². The van der Waals surface area contributed by atoms with Crippen LogP contribution in [0.3, 0.4) is 0 Å². The zero-order valence-corrected chi connectivity index (χ0v) is 11.0. The van der Waals surface area contributed by atoms with Gasteiger partial charge in [-0.1, -0.05) is 33.1 Å². The summed E-state index contributed by atoms with van der Waals surface area (Å²) in [5, 5.41) is 12.6. The number of hydrogen-bond acceptors (Lipinski definition) is 3. The fourth-order valence-electron chi connectivity index (χ4n) is 1.88. The first-order valence-corrected chi connectivity index (χ1v) is 6.17. The monoisotopic (exact) mass is 230 g/mol. The molecule has 0 fully saturated rings. The zero-order valence-electron chi connectivity index (χ0n) is 11.0. The fourth-order valence-corrected chi connectivity index (χ4v) is 1.88. The number of likely N-dealkylation sites (N-methyl/N-ethyl adjacent to an activating group) is 1. The van der Waals surface area contributed by atoms with Crippen molar-refractivity contribution in [3.63, 3.8) is 0 Å². The number of nitrogens with one attached hydrogen (secondary N) is 1. The van der Waals surface area contributed by atoms with Gasteiger partial charge in [0, 0.05) is 0 Å². The second-order valence-electron chi connectivity index (χ2n) is 4.44. The summed E-state index contributed by atoms with van der Waals surface area (Å²) in [5.41, 5.74) is -0.900. The largest absolute Gasteiger partial charge is 0.479 e. The van der Waals surface area contributed by atoms with Gasteiger partial charge in [0.25, 0.3) is 0 Å². The van der Waals surface area contributed by atoms with E-state index in [1.54, 1.807) is 4.90 Å². The summed E-state index contributed by atoms with van der Waals surface area (Å²) in [5.74, 6) is -0.782. The fraction of sp³-hybridized carbons (Fsp3) is 0.917. The lowest BCUT2D eigenvalue weighted by molar-refractivity contribution is -0.153. The molecule has 0 saturated heterocycles. The predicted molar refractivity (Wildman–Crippen MR) is 66.5 cm³/mol. The number of hydrogen-bond donors (Lipinski definition) is 2. The molecule has 0 aliphatic carbocycles. The number of rotatable bonds is 9. The van der Waals surface area contributed by atoms with Crippen molar-refractivity contribution >= 4 is 5.97 Å². The van der Waals surface area contributed by atoms with Gasteiger partial charge in [0.2, 0.25) is 0 Å². The van der Waals surface area contributed by atoms with Crippen LogP contribution in [0.25, 0.3) is 0 Å². The molecule has 0 aromatic rings. The van der Waals surface area contributed by atoms with Gasteiger partial charge in [0.15, 0.2) is 5.66 Å². The van der Waals surface area contributed by atoms with Crippen LogP contribution in [-0.2, 0) is 4.79 Å². The van der Waals surface area contributed by atoms with E-state index in [9.17, 15) is 9.90 Å². The quantitative estimate of drug-likeness (QED) is 0.469. The average molecular weight is 230 g/mol. The zero-order chi connectivity index (χ0) is 12.6. The highest BCUT2D eigenvalue weighted by atomic mass is 16.4. The van der Waals surface area contributed by atoms with Gasteiger partial charge in [-0.3, -0.25) is 10.2 Å². The molecule has 0 bridgehead atoms. The van der Waals surface area contributed by atoms with Crippen LogP contribution in [-0.4, -0.2) is 42.3 Å². The summed E-state index contributed by atoms with van der Waals surface area (Å²) in [7, 11) is 3.63. The first-order chi connectivity index (χ1) is 7.51. The van der Waals surface area contributed by atoms with Crippen LogP contribution in [0.5, 0.6) is 0 Å². The first-order valence-electron chi connectivity index (χ1n) is 6.17. The molecule has 96 valence electrons. The maximum absolute atomic E-state index is 11.4. The number of unbranched alkanes of at least 4 members (excludes halogenated alkanes) is 2. The Morgan fingerprint density at radius 1 is 1.25 bits per heavy atom. The molecule has 2 N–H and O–H groups in total. The SMILES string of the molecule is CCCCCNC(CCC)(C(=O)O)N(C)C. The average Bonchev–Trinajstić information content (AvgIpc) is 2.21. The van der Waals surface area contributed by atoms with Crippen molar-refractivity contribution in [1.29, 1.82) is 0 Å². The third kappa shape index (κ3) is 4.10. The molecule has 0 amide bonds. The molecule has 16 heavy (non-hydrogen) atoms. The predicted octanol–water partition coefficient (Wildman–Crippen LogP) is 1.91. The summed E-state index contributed by atoms with van der Waals surface area (Å²) in [6.07, 6.45) is 4.80. The molecule has 0 saturated carbocycles. The minimum absolute atomic E-state index is 0.626. The van der Waals surface area contributed by atoms with E-state index < -0.39 is 11.6 Å². The molecule has 0 spiro atoms. The van der Waals surface area contributed by atoms with E-state index in [4.69, 9.17) is 0 Å². The van der Waals surface area contributed by atoms with E-state index in [0.29, 0.717) is 6.42 Å². The Morgan fingerprint density at radius 3 is 2.25 bits per heavy atom. The van der Waals surface area contributed by atoms with E-state index in [2.05, 4.69) is 12.2 Å². The molecular formula is C12H26N2O2. The van der Waals surface area contributed by atoms with Crippen molar-refractivity contribution in [3.05, 3.63) is 0 Å². The topological polar surface area (TPSA) is 52.6 Å². The van der Waals surface area contributed by atoms with E-state index in [0.717, 1.165) is 32.2 Å². The van der Waals surface area contributed by atoms with Gasteiger partial charge >= 0.3 is 5.97 Å². The number of carbonyl (C=O) groups is 1. The normalized spacial score (nSPS) is 15.1. The third-order valence-electron chi connectivity index (χ3n) is 2.93. The van der Waals surface area contributed by atoms with E-state index in [1.807, 2.05) is 21.0 Å².